The van der Waals surface area contributed by atoms with Crippen molar-refractivity contribution >= 4 is 17.9 Å². The van der Waals surface area contributed by atoms with Gasteiger partial charge in [-0.2, -0.15) is 0 Å². The van der Waals surface area contributed by atoms with Crippen molar-refractivity contribution in [1.82, 2.24) is 0 Å². The lowest BCUT2D eigenvalue weighted by Crippen LogP contribution is -2.30. The third-order valence-corrected chi connectivity index (χ3v) is 14.8. The Bertz CT molecular complexity index is 1620. The molecular formula is C75H128O6. The molecule has 0 aliphatic rings. The second-order valence-corrected chi connectivity index (χ2v) is 22.7. The van der Waals surface area contributed by atoms with Crippen molar-refractivity contribution in [2.45, 2.75) is 335 Å². The van der Waals surface area contributed by atoms with Crippen LogP contribution in [-0.4, -0.2) is 37.2 Å². The molecule has 0 aliphatic heterocycles. The molecule has 0 aromatic rings. The van der Waals surface area contributed by atoms with Crippen LogP contribution in [0.1, 0.15) is 329 Å². The third-order valence-electron chi connectivity index (χ3n) is 14.8. The van der Waals surface area contributed by atoms with E-state index in [1.165, 1.54) is 180 Å². The summed E-state index contributed by atoms with van der Waals surface area (Å²) in [5.74, 6) is -1.02. The lowest BCUT2D eigenvalue weighted by molar-refractivity contribution is -0.166. The predicted octanol–water partition coefficient (Wildman–Crippen LogP) is 23.8. The van der Waals surface area contributed by atoms with Gasteiger partial charge in [0.05, 0.1) is 0 Å². The van der Waals surface area contributed by atoms with Gasteiger partial charge in [0.25, 0.3) is 0 Å². The fraction of sp³-hybridized carbons (Fsp3) is 0.720. The Kier molecular flexibility index (Phi) is 65.2. The summed E-state index contributed by atoms with van der Waals surface area (Å²) in [4.78, 5) is 38.3. The van der Waals surface area contributed by atoms with Crippen molar-refractivity contribution in [3.63, 3.8) is 0 Å². The van der Waals surface area contributed by atoms with E-state index in [4.69, 9.17) is 14.2 Å². The summed E-state index contributed by atoms with van der Waals surface area (Å²) in [6, 6.07) is 0. The van der Waals surface area contributed by atoms with Gasteiger partial charge < -0.3 is 14.2 Å². The van der Waals surface area contributed by atoms with Crippen LogP contribution in [0.2, 0.25) is 0 Å². The topological polar surface area (TPSA) is 78.9 Å². The normalized spacial score (nSPS) is 12.8. The zero-order valence-corrected chi connectivity index (χ0v) is 53.3. The van der Waals surface area contributed by atoms with Crippen LogP contribution in [0.3, 0.4) is 0 Å². The fourth-order valence-corrected chi connectivity index (χ4v) is 9.72. The first kappa shape index (κ1) is 77.1. The van der Waals surface area contributed by atoms with Crippen LogP contribution in [0.4, 0.5) is 0 Å². The molecule has 0 bridgehead atoms. The van der Waals surface area contributed by atoms with Crippen LogP contribution in [0.5, 0.6) is 0 Å². The maximum absolute atomic E-state index is 12.9. The molecule has 464 valence electrons. The molecule has 0 saturated heterocycles. The van der Waals surface area contributed by atoms with Crippen molar-refractivity contribution in [3.8, 4) is 0 Å². The van der Waals surface area contributed by atoms with E-state index < -0.39 is 6.10 Å². The van der Waals surface area contributed by atoms with Gasteiger partial charge in [0, 0.05) is 19.3 Å². The van der Waals surface area contributed by atoms with E-state index in [1.54, 1.807) is 0 Å². The lowest BCUT2D eigenvalue weighted by atomic mass is 10.0. The van der Waals surface area contributed by atoms with Gasteiger partial charge in [-0.25, -0.2) is 0 Å². The highest BCUT2D eigenvalue weighted by atomic mass is 16.6. The van der Waals surface area contributed by atoms with E-state index in [2.05, 4.69) is 124 Å². The molecule has 0 heterocycles. The molecule has 0 radical (unpaired) electrons. The van der Waals surface area contributed by atoms with E-state index in [0.717, 1.165) is 96.3 Å². The van der Waals surface area contributed by atoms with Gasteiger partial charge in [0.2, 0.25) is 0 Å². The molecular weight excluding hydrogens is 997 g/mol. The molecule has 0 aliphatic carbocycles. The summed E-state index contributed by atoms with van der Waals surface area (Å²) in [7, 11) is 0. The number of unbranched alkanes of at least 4 members (excludes halogenated alkanes) is 33. The van der Waals surface area contributed by atoms with Crippen LogP contribution < -0.4 is 0 Å². The Morgan fingerprint density at radius 1 is 0.259 bits per heavy atom. The van der Waals surface area contributed by atoms with Crippen LogP contribution in [0.25, 0.3) is 0 Å². The van der Waals surface area contributed by atoms with Crippen LogP contribution in [0, 0.1) is 0 Å². The summed E-state index contributed by atoms with van der Waals surface area (Å²) >= 11 is 0. The number of hydrogen-bond donors (Lipinski definition) is 0. The minimum Gasteiger partial charge on any atom is -0.462 e. The highest BCUT2D eigenvalue weighted by Gasteiger charge is 2.19. The number of carbonyl (C=O) groups is 3. The van der Waals surface area contributed by atoms with E-state index in [-0.39, 0.29) is 44.0 Å². The molecule has 1 atom stereocenters. The third kappa shape index (κ3) is 66.8. The Labute approximate surface area is 501 Å². The molecule has 6 nitrogen and oxygen atoms in total. The van der Waals surface area contributed by atoms with Gasteiger partial charge in [-0.15, -0.1) is 0 Å². The van der Waals surface area contributed by atoms with Gasteiger partial charge in [-0.05, 0) is 89.9 Å². The second-order valence-electron chi connectivity index (χ2n) is 22.7. The van der Waals surface area contributed by atoms with Crippen molar-refractivity contribution < 1.29 is 28.6 Å². The number of carbonyl (C=O) groups excluding carboxylic acids is 3. The summed E-state index contributed by atoms with van der Waals surface area (Å²) in [6.07, 6.45) is 94.4. The number of ether oxygens (including phenoxy) is 3. The zero-order valence-electron chi connectivity index (χ0n) is 53.3. The second kappa shape index (κ2) is 68.6. The predicted molar refractivity (Wildman–Crippen MR) is 353 cm³/mol. The Balaban J connectivity index is 4.25. The molecule has 0 rings (SSSR count). The minimum absolute atomic E-state index is 0.113. The van der Waals surface area contributed by atoms with E-state index in [1.807, 2.05) is 6.08 Å². The van der Waals surface area contributed by atoms with Crippen molar-refractivity contribution in [1.29, 1.82) is 0 Å². The molecule has 1 unspecified atom stereocenters. The maximum atomic E-state index is 12.9. The Hall–Kier alpha value is -3.93. The summed E-state index contributed by atoms with van der Waals surface area (Å²) in [5.41, 5.74) is 0. The molecule has 0 spiro atoms. The van der Waals surface area contributed by atoms with E-state index >= 15 is 0 Å². The van der Waals surface area contributed by atoms with Gasteiger partial charge in [-0.1, -0.05) is 329 Å². The standard InChI is InChI=1S/C75H128O6/c1-4-7-10-13-16-19-22-25-27-29-31-32-33-34-35-36-37-38-39-40-41-42-44-45-47-50-53-56-59-62-65-68-74(77)80-71-72(70-79-73(76)67-64-61-58-55-52-49-24-21-18-15-12-9-6-3)81-75(78)69-66-63-60-57-54-51-48-46-43-30-28-26-23-20-17-14-11-8-5-2/h8-9,11-12,17-18,20-21,26,28,43,46,49,51-52,54,58,61,72H,4-7,10,13-16,19,22-25,27,29-42,44-45,47-48,50,53,55-57,59-60,62-71H2,1-3H3/b11-8-,12-9-,20-17-,21-18-,28-26-,46-43-,52-49-,54-51-,61-58-. The zero-order chi connectivity index (χ0) is 58.5. The average molecular weight is 1130 g/mol. The van der Waals surface area contributed by atoms with Gasteiger partial charge in [0.1, 0.15) is 13.2 Å². The van der Waals surface area contributed by atoms with E-state index in [9.17, 15) is 14.4 Å². The fourth-order valence-electron chi connectivity index (χ4n) is 9.72. The first-order chi connectivity index (χ1) is 40.0. The average Bonchev–Trinajstić information content (AvgIpc) is 3.46. The Morgan fingerprint density at radius 3 is 0.827 bits per heavy atom. The van der Waals surface area contributed by atoms with Gasteiger partial charge in [-0.3, -0.25) is 14.4 Å². The van der Waals surface area contributed by atoms with Gasteiger partial charge in [0.15, 0.2) is 6.10 Å². The SMILES string of the molecule is CC/C=C\C/C=C\C/C=C\C/C=C\C/C=C\CCCCCC(=O)OC(COC(=O)CC/C=C\C/C=C\C/C=C\C/C=C\CC)COC(=O)CCCCCCCCCCCCCCCCCCCCCCCCCCCCCCCCC. The smallest absolute Gasteiger partial charge is 0.306 e. The molecule has 0 N–H and O–H groups in total. The maximum Gasteiger partial charge on any atom is 0.306 e. The van der Waals surface area contributed by atoms with Crippen molar-refractivity contribution in [3.05, 3.63) is 109 Å². The Morgan fingerprint density at radius 2 is 0.506 bits per heavy atom. The molecule has 0 saturated carbocycles. The molecule has 0 aromatic heterocycles. The van der Waals surface area contributed by atoms with Gasteiger partial charge >= 0.3 is 17.9 Å². The number of hydrogen-bond acceptors (Lipinski definition) is 6. The highest BCUT2D eigenvalue weighted by molar-refractivity contribution is 5.71. The summed E-state index contributed by atoms with van der Waals surface area (Å²) < 4.78 is 16.8. The molecule has 0 amide bonds. The van der Waals surface area contributed by atoms with E-state index in [0.29, 0.717) is 19.3 Å². The summed E-state index contributed by atoms with van der Waals surface area (Å²) in [5, 5.41) is 0. The minimum atomic E-state index is -0.826. The number of esters is 3. The molecule has 0 fully saturated rings. The quantitative estimate of drug-likeness (QED) is 0.0261. The molecule has 0 aromatic carbocycles. The largest absolute Gasteiger partial charge is 0.462 e. The van der Waals surface area contributed by atoms with Crippen LogP contribution >= 0.6 is 0 Å². The first-order valence-corrected chi connectivity index (χ1v) is 34.4. The number of rotatable bonds is 62. The molecule has 81 heavy (non-hydrogen) atoms. The summed E-state index contributed by atoms with van der Waals surface area (Å²) in [6.45, 7) is 6.35. The number of allylic oxidation sites excluding steroid dienone is 18. The van der Waals surface area contributed by atoms with Crippen LogP contribution in [-0.2, 0) is 28.6 Å². The van der Waals surface area contributed by atoms with Crippen molar-refractivity contribution in [2.24, 2.45) is 0 Å². The van der Waals surface area contributed by atoms with Crippen molar-refractivity contribution in [2.75, 3.05) is 13.2 Å². The highest BCUT2D eigenvalue weighted by Crippen LogP contribution is 2.18. The monoisotopic (exact) mass is 1120 g/mol. The van der Waals surface area contributed by atoms with Crippen LogP contribution in [0.15, 0.2) is 109 Å². The molecule has 6 heteroatoms. The lowest BCUT2D eigenvalue weighted by Gasteiger charge is -2.18. The first-order valence-electron chi connectivity index (χ1n) is 34.4.